The molecule has 104 heavy (non-hydrogen) atoms. The molecule has 9 amide bonds. The molecule has 33 nitrogen and oxygen atoms in total. The topological polar surface area (TPSA) is 563 Å². The van der Waals surface area contributed by atoms with Gasteiger partial charge in [-0.2, -0.15) is 5.70 Å². The number of phosphoric acid groups is 1. The number of allylic oxidation sites excluding steroid dienone is 6. The Bertz CT molecular complexity index is 4100. The number of amides is 9. The number of aromatic amines is 1. The summed E-state index contributed by atoms with van der Waals surface area (Å²) >= 11 is 0. The molecule has 8 bridgehead atoms. The molecule has 2 saturated heterocycles. The summed E-state index contributed by atoms with van der Waals surface area (Å²) in [5.74, 6) is -7.91. The number of aryl methyl sites for hydroxylation is 2. The standard InChI is InChI=1S/C62H90N13O14P.C7H10N4O2.Co/c1-29-20-39-40(21-30(29)2)75(28-70-39)57-52(84)53(41(27-76)87-57)89-90(85,86)88-31(3)26-69-49(83)18-19-59(8)37(22-46(66)80)56-62(11)61(10,25-48(68)82)36(14-17-45(65)79)51(74-62)33(5)55-60(9,24-47(67)81)34(12-15-43(63)77)38(71-55)23-42-58(6,7)35(13-16-44(64)78)50(72-42)32(4)54(59)73-56;8-7(13)6(11-4-12)1-5-2-9-3-10-5;/h20-21,23,28,31,34-37,41,52-53,56-57,76,84H,12-19,22,24-27H2,1-11H3,(H15,63,64,65,66,67,68,69,71,72,73,74,77,78,79,80,81,82,83,85,86);2-4,6H,1H2,(H2,8,13)(H,9,10)(H,11,12);/p-1/t31-,34-,35-,36-,37+,41-,52-,53-,56?,57+,59-,60+,61+,62+;6-;/m10./s1. The number of carbonyl (C=O) groups is 9. The van der Waals surface area contributed by atoms with Gasteiger partial charge in [-0.25, -0.2) is 14.5 Å². The molecule has 1 radical (unpaired) electrons. The van der Waals surface area contributed by atoms with Gasteiger partial charge in [0.1, 0.15) is 24.4 Å². The summed E-state index contributed by atoms with van der Waals surface area (Å²) in [6.07, 6.45) is -0.629. The van der Waals surface area contributed by atoms with Crippen molar-refractivity contribution in [3.8, 4) is 0 Å². The van der Waals surface area contributed by atoms with E-state index < -0.39 is 155 Å². The van der Waals surface area contributed by atoms with Crippen LogP contribution in [0.1, 0.15) is 156 Å². The average molecular weight is 1510 g/mol. The van der Waals surface area contributed by atoms with E-state index >= 15 is 0 Å². The third kappa shape index (κ3) is 17.1. The van der Waals surface area contributed by atoms with Crippen molar-refractivity contribution >= 4 is 89.7 Å². The van der Waals surface area contributed by atoms with Gasteiger partial charge in [0, 0.05) is 143 Å². The summed E-state index contributed by atoms with van der Waals surface area (Å²) in [6, 6.07) is 2.00. The van der Waals surface area contributed by atoms with Crippen LogP contribution in [0.4, 0.5) is 0 Å². The number of nitrogens with one attached hydrogen (secondary N) is 3. The molecule has 6 aliphatic heterocycles. The number of imidazole rings is 2. The number of carbonyl (C=O) groups excluding carboxylic acids is 9. The van der Waals surface area contributed by atoms with E-state index in [-0.39, 0.29) is 94.0 Å². The minimum atomic E-state index is -5.07. The molecule has 2 fully saturated rings. The van der Waals surface area contributed by atoms with E-state index in [0.29, 0.717) is 69.2 Å². The first kappa shape index (κ1) is 82.9. The second kappa shape index (κ2) is 32.6. The molecule has 16 atom stereocenters. The van der Waals surface area contributed by atoms with Crippen LogP contribution in [-0.4, -0.2) is 161 Å². The molecule has 3 aromatic rings. The van der Waals surface area contributed by atoms with Crippen molar-refractivity contribution < 1.29 is 93.4 Å². The number of nitrogens with zero attached hydrogens (tertiary/aromatic N) is 7. The van der Waals surface area contributed by atoms with E-state index in [1.165, 1.54) is 19.6 Å². The van der Waals surface area contributed by atoms with Crippen molar-refractivity contribution in [3.05, 3.63) is 87.4 Å². The van der Waals surface area contributed by atoms with Gasteiger partial charge in [0.2, 0.25) is 53.7 Å². The van der Waals surface area contributed by atoms with Crippen LogP contribution in [0.2, 0.25) is 0 Å². The molecule has 20 N–H and O–H groups in total. The van der Waals surface area contributed by atoms with Crippen LogP contribution in [0, 0.1) is 59.2 Å². The van der Waals surface area contributed by atoms with Crippen LogP contribution in [0.25, 0.3) is 16.4 Å². The number of hydrogen-bond donors (Lipinski definition) is 13. The number of H-pyrrole nitrogens is 1. The molecule has 35 heteroatoms. The number of aliphatic imine (C=N–C) groups is 3. The summed E-state index contributed by atoms with van der Waals surface area (Å²) in [7, 11) is -5.07. The number of fused-ring (bicyclic) bond motifs is 7. The minimum absolute atomic E-state index is 0. The van der Waals surface area contributed by atoms with Crippen LogP contribution >= 0.6 is 7.82 Å². The molecular weight excluding hydrogens is 1410 g/mol. The summed E-state index contributed by atoms with van der Waals surface area (Å²) in [5.41, 5.74) is 42.6. The second-order valence-corrected chi connectivity index (χ2v) is 30.9. The molecule has 2 unspecified atom stereocenters. The molecule has 0 saturated carbocycles. The van der Waals surface area contributed by atoms with E-state index in [1.807, 2.05) is 80.5 Å². The van der Waals surface area contributed by atoms with Gasteiger partial charge in [-0.15, -0.1) is 0 Å². The normalized spacial score (nSPS) is 31.1. The van der Waals surface area contributed by atoms with Crippen molar-refractivity contribution in [1.82, 2.24) is 30.2 Å². The Morgan fingerprint density at radius 1 is 0.808 bits per heavy atom. The zero-order valence-electron chi connectivity index (χ0n) is 60.4. The zero-order chi connectivity index (χ0) is 76.4. The van der Waals surface area contributed by atoms with E-state index in [1.54, 1.807) is 17.7 Å². The van der Waals surface area contributed by atoms with Gasteiger partial charge in [-0.05, 0) is 119 Å². The molecule has 8 heterocycles. The molecule has 2 aromatic heterocycles. The Kier molecular flexibility index (Phi) is 26.0. The Labute approximate surface area is 612 Å². The van der Waals surface area contributed by atoms with Crippen LogP contribution < -0.4 is 50.8 Å². The van der Waals surface area contributed by atoms with Crippen LogP contribution in [-0.2, 0) is 84.7 Å². The number of benzene rings is 1. The predicted octanol–water partition coefficient (Wildman–Crippen LogP) is 2.50. The molecule has 1 aromatic carbocycles. The van der Waals surface area contributed by atoms with Gasteiger partial charge in [-0.1, -0.05) is 40.7 Å². The van der Waals surface area contributed by atoms with Crippen molar-refractivity contribution in [2.45, 2.75) is 201 Å². The molecular formula is C69H99CoN17O16P-. The van der Waals surface area contributed by atoms with Gasteiger partial charge in [-0.3, -0.25) is 67.2 Å². The van der Waals surface area contributed by atoms with Gasteiger partial charge in [0.25, 0.3) is 0 Å². The summed E-state index contributed by atoms with van der Waals surface area (Å²) in [5, 5.41) is 32.5. The van der Waals surface area contributed by atoms with Gasteiger partial charge >= 0.3 is 7.82 Å². The van der Waals surface area contributed by atoms with Gasteiger partial charge < -0.3 is 85.5 Å². The predicted molar refractivity (Wildman–Crippen MR) is 378 cm³/mol. The summed E-state index contributed by atoms with van der Waals surface area (Å²) < 4.78 is 32.3. The fourth-order valence-electron chi connectivity index (χ4n) is 16.3. The summed E-state index contributed by atoms with van der Waals surface area (Å²) in [6.45, 7) is 19.1. The quantitative estimate of drug-likeness (QED) is 0.0325. The Morgan fingerprint density at radius 2 is 1.42 bits per heavy atom. The number of phosphoric ester groups is 1. The zero-order valence-corrected chi connectivity index (χ0v) is 62.3. The third-order valence-corrected chi connectivity index (χ3v) is 23.2. The number of aliphatic hydroxyl groups excluding tert-OH is 2. The Hall–Kier alpha value is -8.34. The van der Waals surface area contributed by atoms with Crippen LogP contribution in [0.15, 0.2) is 80.3 Å². The van der Waals surface area contributed by atoms with Crippen molar-refractivity contribution in [2.75, 3.05) is 13.2 Å². The fraction of sp³-hybridized carbons (Fsp3) is 0.594. The number of aromatic nitrogens is 4. The Balaban J connectivity index is 0.000000972. The first-order valence-corrected chi connectivity index (χ1v) is 35.7. The number of nitrogens with two attached hydrogens (primary N) is 7. The first-order valence-electron chi connectivity index (χ1n) is 34.2. The van der Waals surface area contributed by atoms with Crippen molar-refractivity contribution in [3.63, 3.8) is 0 Å². The third-order valence-electron chi connectivity index (χ3n) is 22.1. The maximum absolute atomic E-state index is 14.4. The number of rotatable bonds is 31. The average Bonchev–Trinajstić information content (AvgIpc) is 1.53. The maximum atomic E-state index is 14.4. The molecule has 0 spiro atoms. The maximum Gasteiger partial charge on any atom is 0.472 e. The number of aliphatic hydroxyl groups is 2. The largest absolute Gasteiger partial charge is 0.682 e. The van der Waals surface area contributed by atoms with E-state index in [2.05, 4.69) is 25.6 Å². The molecule has 571 valence electrons. The smallest absolute Gasteiger partial charge is 0.472 e. The monoisotopic (exact) mass is 1510 g/mol. The second-order valence-electron chi connectivity index (χ2n) is 29.5. The van der Waals surface area contributed by atoms with E-state index in [4.69, 9.17) is 74.2 Å². The van der Waals surface area contributed by atoms with Gasteiger partial charge in [0.15, 0.2) is 6.23 Å². The summed E-state index contributed by atoms with van der Waals surface area (Å²) in [4.78, 5) is 153. The Morgan fingerprint density at radius 3 is 1.99 bits per heavy atom. The van der Waals surface area contributed by atoms with E-state index in [9.17, 15) is 62.8 Å². The molecule has 9 rings (SSSR count). The number of hydrogen-bond acceptors (Lipinski definition) is 20. The van der Waals surface area contributed by atoms with Crippen LogP contribution in [0.3, 0.4) is 0 Å². The molecule has 0 aliphatic carbocycles. The number of ether oxygens (including phenoxy) is 1. The van der Waals surface area contributed by atoms with Crippen molar-refractivity contribution in [1.29, 1.82) is 0 Å². The number of primary amides is 7. The molecule has 6 aliphatic rings. The minimum Gasteiger partial charge on any atom is -0.682 e. The van der Waals surface area contributed by atoms with E-state index in [0.717, 1.165) is 16.8 Å². The fourth-order valence-corrected chi connectivity index (χ4v) is 17.4. The van der Waals surface area contributed by atoms with Crippen molar-refractivity contribution in [2.24, 2.45) is 100 Å². The SMILES string of the molecule is C/C1=C2/[N-]C([C@H](CC(N)=O)[C@@]2(C)CCC(=O)NC[C@@H](C)OP(=O)(O)O[C@H]2[C@@H](O)[C@@H](n3cnc4cc(C)c(C)cc43)O[C@@H]2CO)[C@]2(C)N=C(/C(C)=C3N=C(/C=C4N=C1[C@@H](CCC(N)=O)C\4(C)C)[C@@H](CCC(N)=O)[C@]\3(C)CC(N)=O)[C@@H](CCC(N)=O)[C@]2(C)CC(N)=O.NC(=O)[C@H](Cc1cnc[nH]1)NC=O.[Co]. The van der Waals surface area contributed by atoms with Crippen LogP contribution in [0.5, 0.6) is 0 Å². The van der Waals surface area contributed by atoms with Gasteiger partial charge in [0.05, 0.1) is 47.6 Å². The first-order chi connectivity index (χ1) is 48.1.